The van der Waals surface area contributed by atoms with E-state index in [-0.39, 0.29) is 10.6 Å². The van der Waals surface area contributed by atoms with E-state index in [0.717, 1.165) is 18.5 Å². The van der Waals surface area contributed by atoms with Crippen LogP contribution in [0.4, 0.5) is 11.4 Å². The van der Waals surface area contributed by atoms with Gasteiger partial charge in [-0.2, -0.15) is 0 Å². The van der Waals surface area contributed by atoms with Gasteiger partial charge in [0.05, 0.1) is 17.6 Å². The molecular weight excluding hydrogens is 268 g/mol. The first kappa shape index (κ1) is 15.4. The van der Waals surface area contributed by atoms with E-state index in [1.54, 1.807) is 0 Å². The zero-order valence-electron chi connectivity index (χ0n) is 12.5. The Morgan fingerprint density at radius 1 is 1.33 bits per heavy atom. The lowest BCUT2D eigenvalue weighted by atomic mass is 9.85. The van der Waals surface area contributed by atoms with Gasteiger partial charge in [0, 0.05) is 24.4 Å². The number of hydrogen-bond acceptors (Lipinski definition) is 4. The van der Waals surface area contributed by atoms with Crippen LogP contribution in [0.15, 0.2) is 30.4 Å². The third-order valence-electron chi connectivity index (χ3n) is 3.87. The van der Waals surface area contributed by atoms with Gasteiger partial charge in [0.1, 0.15) is 5.75 Å². The Labute approximate surface area is 125 Å². The second kappa shape index (κ2) is 7.11. The molecular formula is C16H22N2O3. The summed E-state index contributed by atoms with van der Waals surface area (Å²) in [5, 5.41) is 14.1. The first-order valence-corrected chi connectivity index (χ1v) is 7.41. The predicted molar refractivity (Wildman–Crippen MR) is 83.8 cm³/mol. The van der Waals surface area contributed by atoms with Gasteiger partial charge in [-0.15, -0.1) is 0 Å². The van der Waals surface area contributed by atoms with E-state index in [1.165, 1.54) is 12.1 Å². The molecule has 2 atom stereocenters. The molecule has 2 unspecified atom stereocenters. The van der Waals surface area contributed by atoms with Crippen LogP contribution in [-0.2, 0) is 0 Å². The van der Waals surface area contributed by atoms with Gasteiger partial charge in [-0.25, -0.2) is 0 Å². The van der Waals surface area contributed by atoms with Crippen LogP contribution in [0.1, 0.15) is 26.7 Å². The molecule has 2 rings (SSSR count). The number of hydrogen-bond donors (Lipinski definition) is 1. The number of nitrogens with zero attached hydrogens (tertiary/aromatic N) is 1. The monoisotopic (exact) mass is 290 g/mol. The van der Waals surface area contributed by atoms with Crippen molar-refractivity contribution in [3.63, 3.8) is 0 Å². The molecule has 0 aromatic heterocycles. The van der Waals surface area contributed by atoms with E-state index in [9.17, 15) is 10.1 Å². The Balaban J connectivity index is 2.07. The Kier molecular flexibility index (Phi) is 5.20. The van der Waals surface area contributed by atoms with Crippen LogP contribution in [0.3, 0.4) is 0 Å². The highest BCUT2D eigenvalue weighted by molar-refractivity contribution is 5.56. The summed E-state index contributed by atoms with van der Waals surface area (Å²) in [4.78, 5) is 10.6. The summed E-state index contributed by atoms with van der Waals surface area (Å²) in [6.45, 7) is 5.48. The van der Waals surface area contributed by atoms with Gasteiger partial charge in [-0.3, -0.25) is 10.1 Å². The topological polar surface area (TPSA) is 64.4 Å². The molecule has 1 aromatic rings. The number of nitro groups is 1. The lowest BCUT2D eigenvalue weighted by Gasteiger charge is -2.25. The molecule has 1 aliphatic carbocycles. The Bertz CT molecular complexity index is 528. The lowest BCUT2D eigenvalue weighted by molar-refractivity contribution is -0.384. The average molecular weight is 290 g/mol. The molecule has 0 saturated heterocycles. The predicted octanol–water partition coefficient (Wildman–Crippen LogP) is 4.01. The molecule has 21 heavy (non-hydrogen) atoms. The highest BCUT2D eigenvalue weighted by Crippen LogP contribution is 2.29. The molecule has 0 amide bonds. The molecule has 0 aliphatic heterocycles. The van der Waals surface area contributed by atoms with Gasteiger partial charge >= 0.3 is 0 Å². The fourth-order valence-corrected chi connectivity index (χ4v) is 2.52. The summed E-state index contributed by atoms with van der Waals surface area (Å²) in [7, 11) is 0. The second-order valence-corrected chi connectivity index (χ2v) is 5.49. The SMILES string of the molecule is CCNc1cc(OCC2CC=CCC2C)cc([N+](=O)[O-])c1. The number of nitrogens with one attached hydrogen (secondary N) is 1. The molecule has 0 saturated carbocycles. The van der Waals surface area contributed by atoms with Crippen molar-refractivity contribution in [1.82, 2.24) is 0 Å². The van der Waals surface area contributed by atoms with Crippen molar-refractivity contribution in [2.75, 3.05) is 18.5 Å². The van der Waals surface area contributed by atoms with E-state index in [4.69, 9.17) is 4.74 Å². The van der Waals surface area contributed by atoms with Crippen LogP contribution < -0.4 is 10.1 Å². The quantitative estimate of drug-likeness (QED) is 0.488. The summed E-state index contributed by atoms with van der Waals surface area (Å²) in [5.41, 5.74) is 0.776. The van der Waals surface area contributed by atoms with Crippen molar-refractivity contribution >= 4 is 11.4 Å². The summed E-state index contributed by atoms with van der Waals surface area (Å²) in [5.74, 6) is 1.61. The highest BCUT2D eigenvalue weighted by Gasteiger charge is 2.19. The van der Waals surface area contributed by atoms with E-state index in [1.807, 2.05) is 13.0 Å². The highest BCUT2D eigenvalue weighted by atomic mass is 16.6. The van der Waals surface area contributed by atoms with Crippen LogP contribution in [0.5, 0.6) is 5.75 Å². The maximum Gasteiger partial charge on any atom is 0.275 e. The van der Waals surface area contributed by atoms with Gasteiger partial charge < -0.3 is 10.1 Å². The first-order valence-electron chi connectivity index (χ1n) is 7.41. The Hall–Kier alpha value is -2.04. The van der Waals surface area contributed by atoms with Gasteiger partial charge in [-0.05, 0) is 31.6 Å². The number of benzene rings is 1. The van der Waals surface area contributed by atoms with E-state index in [0.29, 0.717) is 30.7 Å². The van der Waals surface area contributed by atoms with Crippen molar-refractivity contribution < 1.29 is 9.66 Å². The van der Waals surface area contributed by atoms with Crippen molar-refractivity contribution in [3.8, 4) is 5.75 Å². The van der Waals surface area contributed by atoms with Crippen molar-refractivity contribution in [3.05, 3.63) is 40.5 Å². The van der Waals surface area contributed by atoms with Gasteiger partial charge in [-0.1, -0.05) is 19.1 Å². The van der Waals surface area contributed by atoms with Crippen LogP contribution >= 0.6 is 0 Å². The summed E-state index contributed by atoms with van der Waals surface area (Å²) < 4.78 is 5.82. The fraction of sp³-hybridized carbons (Fsp3) is 0.500. The van der Waals surface area contributed by atoms with E-state index >= 15 is 0 Å². The van der Waals surface area contributed by atoms with Gasteiger partial charge in [0.15, 0.2) is 0 Å². The van der Waals surface area contributed by atoms with Crippen LogP contribution in [0.2, 0.25) is 0 Å². The van der Waals surface area contributed by atoms with Crippen LogP contribution in [0, 0.1) is 22.0 Å². The Morgan fingerprint density at radius 2 is 2.10 bits per heavy atom. The molecule has 114 valence electrons. The van der Waals surface area contributed by atoms with Gasteiger partial charge in [0.2, 0.25) is 0 Å². The molecule has 0 spiro atoms. The number of anilines is 1. The number of rotatable bonds is 6. The molecule has 1 N–H and O–H groups in total. The number of non-ortho nitro benzene ring substituents is 1. The number of nitro benzene ring substituents is 1. The molecule has 1 aliphatic rings. The molecule has 0 radical (unpaired) electrons. The lowest BCUT2D eigenvalue weighted by Crippen LogP contribution is -2.21. The molecule has 1 aromatic carbocycles. The van der Waals surface area contributed by atoms with Crippen molar-refractivity contribution in [1.29, 1.82) is 0 Å². The smallest absolute Gasteiger partial charge is 0.275 e. The van der Waals surface area contributed by atoms with Crippen molar-refractivity contribution in [2.24, 2.45) is 11.8 Å². The summed E-state index contributed by atoms with van der Waals surface area (Å²) in [6, 6.07) is 4.84. The third kappa shape index (κ3) is 4.21. The Morgan fingerprint density at radius 3 is 2.76 bits per heavy atom. The molecule has 0 heterocycles. The maximum absolute atomic E-state index is 11.0. The maximum atomic E-state index is 11.0. The molecule has 0 fully saturated rings. The van der Waals surface area contributed by atoms with E-state index in [2.05, 4.69) is 24.4 Å². The fourth-order valence-electron chi connectivity index (χ4n) is 2.52. The van der Waals surface area contributed by atoms with Crippen LogP contribution in [0.25, 0.3) is 0 Å². The first-order chi connectivity index (χ1) is 10.1. The third-order valence-corrected chi connectivity index (χ3v) is 3.87. The minimum atomic E-state index is -0.389. The summed E-state index contributed by atoms with van der Waals surface area (Å²) in [6.07, 6.45) is 6.48. The molecule has 5 nitrogen and oxygen atoms in total. The molecule has 0 bridgehead atoms. The second-order valence-electron chi connectivity index (χ2n) is 5.49. The molecule has 5 heteroatoms. The summed E-state index contributed by atoms with van der Waals surface area (Å²) >= 11 is 0. The minimum absolute atomic E-state index is 0.0556. The average Bonchev–Trinajstić information content (AvgIpc) is 2.46. The zero-order chi connectivity index (χ0) is 15.2. The number of ether oxygens (including phenoxy) is 1. The normalized spacial score (nSPS) is 21.0. The zero-order valence-corrected chi connectivity index (χ0v) is 12.5. The minimum Gasteiger partial charge on any atom is -0.493 e. The largest absolute Gasteiger partial charge is 0.493 e. The van der Waals surface area contributed by atoms with Gasteiger partial charge in [0.25, 0.3) is 5.69 Å². The van der Waals surface area contributed by atoms with Crippen LogP contribution in [-0.4, -0.2) is 18.1 Å². The van der Waals surface area contributed by atoms with E-state index < -0.39 is 0 Å². The standard InChI is InChI=1S/C16H22N2O3/c1-3-17-14-8-15(18(19)20)10-16(9-14)21-11-13-7-5-4-6-12(13)2/h4-5,8-10,12-13,17H,3,6-7,11H2,1-2H3. The van der Waals surface area contributed by atoms with Crippen molar-refractivity contribution in [2.45, 2.75) is 26.7 Å². The number of allylic oxidation sites excluding steroid dienone is 2.